The van der Waals surface area contributed by atoms with Crippen LogP contribution in [-0.2, 0) is 5.11 Å². The van der Waals surface area contributed by atoms with E-state index in [4.69, 9.17) is 30.6 Å². The zero-order valence-electron chi connectivity index (χ0n) is 7.01. The third kappa shape index (κ3) is 2.35. The summed E-state index contributed by atoms with van der Waals surface area (Å²) in [4.78, 5) is 0. The molecule has 6 N–H and O–H groups in total. The van der Waals surface area contributed by atoms with Crippen molar-refractivity contribution in [3.05, 3.63) is 0 Å². The fourth-order valence-electron chi connectivity index (χ4n) is 0.784. The van der Waals surface area contributed by atoms with Gasteiger partial charge in [-0.25, -0.2) is 0 Å². The van der Waals surface area contributed by atoms with E-state index in [2.05, 4.69) is 0 Å². The van der Waals surface area contributed by atoms with Crippen LogP contribution in [0, 0.1) is 0 Å². The molecule has 79 valence electrons. The first-order valence-corrected chi connectivity index (χ1v) is 3.61. The van der Waals surface area contributed by atoms with E-state index in [1.54, 1.807) is 0 Å². The van der Waals surface area contributed by atoms with Crippen LogP contribution in [-0.4, -0.2) is 48.2 Å². The first-order valence-electron chi connectivity index (χ1n) is 3.61. The molecule has 0 spiro atoms. The molecule has 0 fully saturated rings. The Kier molecular flexibility index (Phi) is 3.39. The van der Waals surface area contributed by atoms with E-state index in [9.17, 15) is 5.11 Å². The molecule has 0 bridgehead atoms. The van der Waals surface area contributed by atoms with Crippen LogP contribution in [0.2, 0.25) is 0 Å². The molecule has 0 heterocycles. The molecule has 13 heavy (non-hydrogen) atoms. The van der Waals surface area contributed by atoms with Gasteiger partial charge in [-0.3, -0.25) is 0 Å². The van der Waals surface area contributed by atoms with E-state index in [0.717, 1.165) is 0 Å². The molecular formula is C6H13O7. The van der Waals surface area contributed by atoms with Crippen molar-refractivity contribution < 1.29 is 35.7 Å². The molecule has 0 aliphatic heterocycles. The highest BCUT2D eigenvalue weighted by molar-refractivity contribution is 4.87. The monoisotopic (exact) mass is 197 g/mol. The molecule has 0 rings (SSSR count). The van der Waals surface area contributed by atoms with Gasteiger partial charge in [0.25, 0.3) is 0 Å². The second-order valence-electron chi connectivity index (χ2n) is 2.85. The quantitative estimate of drug-likeness (QED) is 0.269. The Labute approximate surface area is 74.1 Å². The van der Waals surface area contributed by atoms with Gasteiger partial charge < -0.3 is 30.6 Å². The summed E-state index contributed by atoms with van der Waals surface area (Å²) in [5.41, 5.74) is 0. The van der Waals surface area contributed by atoms with Crippen molar-refractivity contribution in [1.29, 1.82) is 0 Å². The van der Waals surface area contributed by atoms with Crippen LogP contribution in [0.5, 0.6) is 0 Å². The normalized spacial score (nSPS) is 14.8. The van der Waals surface area contributed by atoms with Crippen molar-refractivity contribution in [1.82, 2.24) is 0 Å². The summed E-state index contributed by atoms with van der Waals surface area (Å²) < 4.78 is 0. The van der Waals surface area contributed by atoms with Crippen LogP contribution < -0.4 is 0 Å². The van der Waals surface area contributed by atoms with E-state index in [1.165, 1.54) is 6.92 Å². The molecule has 0 aromatic heterocycles. The van der Waals surface area contributed by atoms with Crippen molar-refractivity contribution in [3.63, 3.8) is 0 Å². The molecule has 0 saturated heterocycles. The summed E-state index contributed by atoms with van der Waals surface area (Å²) in [6, 6.07) is 0. The Bertz CT molecular complexity index is 168. The summed E-state index contributed by atoms with van der Waals surface area (Å²) in [7, 11) is 0. The number of hydrogen-bond acceptors (Lipinski definition) is 6. The zero-order valence-corrected chi connectivity index (χ0v) is 7.01. The highest BCUT2D eigenvalue weighted by Gasteiger charge is 2.62. The molecule has 0 aliphatic carbocycles. The van der Waals surface area contributed by atoms with Crippen molar-refractivity contribution in [2.24, 2.45) is 0 Å². The predicted molar refractivity (Wildman–Crippen MR) is 37.1 cm³/mol. The van der Waals surface area contributed by atoms with Gasteiger partial charge in [0.15, 0.2) is 0 Å². The van der Waals surface area contributed by atoms with Gasteiger partial charge in [-0.15, -0.1) is 0 Å². The third-order valence-electron chi connectivity index (χ3n) is 1.61. The lowest BCUT2D eigenvalue weighted by molar-refractivity contribution is -0.523. The summed E-state index contributed by atoms with van der Waals surface area (Å²) in [6.45, 7) is 1.47. The summed E-state index contributed by atoms with van der Waals surface area (Å²) in [6.07, 6.45) is -0.489. The molecule has 1 radical (unpaired) electrons. The highest BCUT2D eigenvalue weighted by Crippen LogP contribution is 2.29. The maximum absolute atomic E-state index is 10.3. The minimum Gasteiger partial charge on any atom is -0.361 e. The van der Waals surface area contributed by atoms with E-state index >= 15 is 0 Å². The first kappa shape index (κ1) is 12.7. The fourth-order valence-corrected chi connectivity index (χ4v) is 0.784. The van der Waals surface area contributed by atoms with Crippen LogP contribution in [0.15, 0.2) is 0 Å². The number of aliphatic hydroxyl groups is 6. The lowest BCUT2D eigenvalue weighted by atomic mass is 9.99. The molecule has 0 aromatic rings. The zero-order chi connectivity index (χ0) is 10.9. The number of rotatable bonds is 4. The van der Waals surface area contributed by atoms with Gasteiger partial charge in [-0.05, 0) is 0 Å². The second-order valence-corrected chi connectivity index (χ2v) is 2.85. The van der Waals surface area contributed by atoms with Crippen LogP contribution in [0.3, 0.4) is 0 Å². The van der Waals surface area contributed by atoms with Crippen molar-refractivity contribution in [3.8, 4) is 0 Å². The van der Waals surface area contributed by atoms with E-state index in [0.29, 0.717) is 0 Å². The molecule has 0 aromatic carbocycles. The van der Waals surface area contributed by atoms with Crippen molar-refractivity contribution in [2.75, 3.05) is 0 Å². The maximum atomic E-state index is 10.3. The number of hydrogen-bond donors (Lipinski definition) is 6. The van der Waals surface area contributed by atoms with Gasteiger partial charge in [-0.2, -0.15) is 5.11 Å². The first-order chi connectivity index (χ1) is 5.56. The van der Waals surface area contributed by atoms with E-state index in [1.807, 2.05) is 0 Å². The smallest absolute Gasteiger partial charge is 0.361 e. The van der Waals surface area contributed by atoms with E-state index in [-0.39, 0.29) is 6.42 Å². The topological polar surface area (TPSA) is 141 Å². The van der Waals surface area contributed by atoms with Gasteiger partial charge in [0.2, 0.25) is 5.79 Å². The van der Waals surface area contributed by atoms with E-state index < -0.39 is 24.0 Å². The molecular weight excluding hydrogens is 184 g/mol. The minimum atomic E-state index is -4.26. The molecule has 0 saturated carbocycles. The average Bonchev–Trinajstić information content (AvgIpc) is 1.84. The molecule has 0 aliphatic rings. The van der Waals surface area contributed by atoms with Crippen molar-refractivity contribution >= 4 is 0 Å². The van der Waals surface area contributed by atoms with Gasteiger partial charge in [-0.1, -0.05) is 13.3 Å². The Morgan fingerprint density at radius 2 is 1.38 bits per heavy atom. The SMILES string of the molecule is CCCC(O)(O)C(O)(O)C([O])(O)O. The molecule has 0 unspecified atom stereocenters. The van der Waals surface area contributed by atoms with Crippen LogP contribution in [0.1, 0.15) is 19.8 Å². The summed E-state index contributed by atoms with van der Waals surface area (Å²) in [5.74, 6) is -11.5. The van der Waals surface area contributed by atoms with Crippen LogP contribution in [0.4, 0.5) is 0 Å². The van der Waals surface area contributed by atoms with Crippen LogP contribution >= 0.6 is 0 Å². The third-order valence-corrected chi connectivity index (χ3v) is 1.61. The lowest BCUT2D eigenvalue weighted by Gasteiger charge is -2.38. The predicted octanol–water partition coefficient (Wildman–Crippen LogP) is -2.78. The average molecular weight is 197 g/mol. The highest BCUT2D eigenvalue weighted by atomic mass is 16.7. The Morgan fingerprint density at radius 1 is 1.00 bits per heavy atom. The molecule has 0 amide bonds. The standard InChI is InChI=1S/C6H13O7/c1-2-3-4(7,8)5(9,10)6(11,12)13/h7-12H,2-3H2,1H3. The minimum absolute atomic E-state index is 0.103. The lowest BCUT2D eigenvalue weighted by Crippen LogP contribution is -2.67. The summed E-state index contributed by atoms with van der Waals surface area (Å²) >= 11 is 0. The van der Waals surface area contributed by atoms with Gasteiger partial charge in [0, 0.05) is 6.42 Å². The largest absolute Gasteiger partial charge is 0.368 e. The van der Waals surface area contributed by atoms with Gasteiger partial charge in [0.1, 0.15) is 0 Å². The maximum Gasteiger partial charge on any atom is 0.368 e. The molecule has 7 nitrogen and oxygen atoms in total. The Morgan fingerprint density at radius 3 is 1.62 bits per heavy atom. The van der Waals surface area contributed by atoms with Crippen LogP contribution in [0.25, 0.3) is 0 Å². The van der Waals surface area contributed by atoms with Crippen molar-refractivity contribution in [2.45, 2.75) is 37.3 Å². The Hall–Kier alpha value is -0.280. The van der Waals surface area contributed by atoms with Gasteiger partial charge >= 0.3 is 11.8 Å². The summed E-state index contributed by atoms with van der Waals surface area (Å²) in [5, 5.41) is 62.2. The van der Waals surface area contributed by atoms with Gasteiger partial charge in [0.05, 0.1) is 0 Å². The molecule has 7 heteroatoms. The fraction of sp³-hybridized carbons (Fsp3) is 1.00. The molecule has 0 atom stereocenters. The Balaban J connectivity index is 4.81. The second kappa shape index (κ2) is 3.46.